The van der Waals surface area contributed by atoms with E-state index < -0.39 is 5.97 Å². The number of carboxylic acid groups (broad SMARTS) is 1. The summed E-state index contributed by atoms with van der Waals surface area (Å²) in [5.74, 6) is -1.21. The Morgan fingerprint density at radius 2 is 2.07 bits per heavy atom. The quantitative estimate of drug-likeness (QED) is 0.634. The number of amides is 1. The average molecular weight is 208 g/mol. The summed E-state index contributed by atoms with van der Waals surface area (Å²) in [7, 11) is 0. The zero-order valence-corrected chi connectivity index (χ0v) is 8.28. The highest BCUT2D eigenvalue weighted by Crippen LogP contribution is 2.12. The zero-order valence-electron chi connectivity index (χ0n) is 8.28. The Hall–Kier alpha value is -2.04. The van der Waals surface area contributed by atoms with Gasteiger partial charge in [0.05, 0.1) is 5.56 Å². The molecule has 0 aliphatic carbocycles. The number of hydrogen-bond donors (Lipinski definition) is 3. The van der Waals surface area contributed by atoms with E-state index in [2.05, 4.69) is 5.32 Å². The van der Waals surface area contributed by atoms with Gasteiger partial charge in [0.2, 0.25) is 5.91 Å². The third kappa shape index (κ3) is 3.30. The minimum atomic E-state index is -1.04. The van der Waals surface area contributed by atoms with Gasteiger partial charge >= 0.3 is 5.97 Å². The van der Waals surface area contributed by atoms with Crippen LogP contribution in [-0.4, -0.2) is 17.0 Å². The summed E-state index contributed by atoms with van der Waals surface area (Å²) in [6, 6.07) is 4.48. The first-order valence-corrected chi connectivity index (χ1v) is 4.36. The Balaban J connectivity index is 2.88. The van der Waals surface area contributed by atoms with E-state index in [9.17, 15) is 9.59 Å². The normalized spacial score (nSPS) is 9.67. The highest BCUT2D eigenvalue weighted by molar-refractivity contribution is 5.89. The molecule has 0 spiro atoms. The maximum Gasteiger partial charge on any atom is 0.335 e. The van der Waals surface area contributed by atoms with Gasteiger partial charge in [-0.1, -0.05) is 0 Å². The standard InChI is InChI=1S/C10H12N2O3/c1-6(13)12-5-7-2-8(10(14)15)4-9(11)3-7/h2-4H,5,11H2,1H3,(H,12,13)(H,14,15). The predicted octanol–water partition coefficient (Wildman–Crippen LogP) is 0.603. The van der Waals surface area contributed by atoms with E-state index in [1.54, 1.807) is 6.07 Å². The number of nitrogen functional groups attached to an aromatic ring is 1. The number of benzene rings is 1. The summed E-state index contributed by atoms with van der Waals surface area (Å²) < 4.78 is 0. The van der Waals surface area contributed by atoms with E-state index >= 15 is 0 Å². The van der Waals surface area contributed by atoms with E-state index in [1.165, 1.54) is 19.1 Å². The highest BCUT2D eigenvalue weighted by atomic mass is 16.4. The zero-order chi connectivity index (χ0) is 11.4. The lowest BCUT2D eigenvalue weighted by molar-refractivity contribution is -0.119. The molecule has 5 heteroatoms. The Morgan fingerprint density at radius 1 is 1.40 bits per heavy atom. The molecule has 0 fully saturated rings. The van der Waals surface area contributed by atoms with Gasteiger partial charge < -0.3 is 16.2 Å². The molecule has 1 rings (SSSR count). The molecule has 0 aliphatic rings. The monoisotopic (exact) mass is 208 g/mol. The van der Waals surface area contributed by atoms with Gasteiger partial charge in [-0.2, -0.15) is 0 Å². The second-order valence-electron chi connectivity index (χ2n) is 3.18. The molecule has 5 nitrogen and oxygen atoms in total. The van der Waals surface area contributed by atoms with Crippen LogP contribution in [0.3, 0.4) is 0 Å². The van der Waals surface area contributed by atoms with Crippen molar-refractivity contribution in [2.45, 2.75) is 13.5 Å². The largest absolute Gasteiger partial charge is 0.478 e. The number of rotatable bonds is 3. The second kappa shape index (κ2) is 4.45. The van der Waals surface area contributed by atoms with Crippen LogP contribution < -0.4 is 11.1 Å². The van der Waals surface area contributed by atoms with Crippen LogP contribution in [0.1, 0.15) is 22.8 Å². The van der Waals surface area contributed by atoms with E-state index in [-0.39, 0.29) is 18.0 Å². The van der Waals surface area contributed by atoms with Crippen molar-refractivity contribution in [3.63, 3.8) is 0 Å². The first-order chi connectivity index (χ1) is 6.99. The lowest BCUT2D eigenvalue weighted by Gasteiger charge is -2.05. The summed E-state index contributed by atoms with van der Waals surface area (Å²) in [4.78, 5) is 21.4. The number of nitrogens with one attached hydrogen (secondary N) is 1. The SMILES string of the molecule is CC(=O)NCc1cc(N)cc(C(=O)O)c1. The molecule has 0 saturated carbocycles. The maximum atomic E-state index is 10.7. The van der Waals surface area contributed by atoms with Gasteiger partial charge in [0.1, 0.15) is 0 Å². The minimum Gasteiger partial charge on any atom is -0.478 e. The Kier molecular flexibility index (Phi) is 3.28. The van der Waals surface area contributed by atoms with E-state index in [1.807, 2.05) is 0 Å². The van der Waals surface area contributed by atoms with Crippen molar-refractivity contribution in [2.75, 3.05) is 5.73 Å². The molecule has 1 amide bonds. The first-order valence-electron chi connectivity index (χ1n) is 4.36. The van der Waals surface area contributed by atoms with Crippen molar-refractivity contribution < 1.29 is 14.7 Å². The van der Waals surface area contributed by atoms with Gasteiger partial charge in [-0.15, -0.1) is 0 Å². The van der Waals surface area contributed by atoms with Gasteiger partial charge in [-0.05, 0) is 23.8 Å². The van der Waals surface area contributed by atoms with Gasteiger partial charge in [0, 0.05) is 19.2 Å². The second-order valence-corrected chi connectivity index (χ2v) is 3.18. The van der Waals surface area contributed by atoms with Crippen LogP contribution in [0.15, 0.2) is 18.2 Å². The van der Waals surface area contributed by atoms with Crippen LogP contribution in [0.5, 0.6) is 0 Å². The number of carbonyl (C=O) groups excluding carboxylic acids is 1. The van der Waals surface area contributed by atoms with Crippen LogP contribution >= 0.6 is 0 Å². The van der Waals surface area contributed by atoms with Gasteiger partial charge in [0.15, 0.2) is 0 Å². The summed E-state index contributed by atoms with van der Waals surface area (Å²) in [5, 5.41) is 11.3. The average Bonchev–Trinajstić information content (AvgIpc) is 2.13. The molecule has 15 heavy (non-hydrogen) atoms. The van der Waals surface area contributed by atoms with Gasteiger partial charge in [-0.25, -0.2) is 4.79 Å². The van der Waals surface area contributed by atoms with Crippen molar-refractivity contribution in [3.8, 4) is 0 Å². The van der Waals surface area contributed by atoms with Gasteiger partial charge in [0.25, 0.3) is 0 Å². The number of carbonyl (C=O) groups is 2. The molecule has 0 aromatic heterocycles. The third-order valence-electron chi connectivity index (χ3n) is 1.80. The molecule has 0 atom stereocenters. The summed E-state index contributed by atoms with van der Waals surface area (Å²) >= 11 is 0. The van der Waals surface area contributed by atoms with Crippen LogP contribution in [-0.2, 0) is 11.3 Å². The fourth-order valence-electron chi connectivity index (χ4n) is 1.17. The molecule has 1 aromatic rings. The molecule has 0 saturated heterocycles. The summed E-state index contributed by atoms with van der Waals surface area (Å²) in [6.07, 6.45) is 0. The lowest BCUT2D eigenvalue weighted by atomic mass is 10.1. The molecule has 0 aliphatic heterocycles. The molecule has 1 aromatic carbocycles. The Labute approximate surface area is 86.9 Å². The molecule has 0 radical (unpaired) electrons. The van der Waals surface area contributed by atoms with Crippen LogP contribution in [0, 0.1) is 0 Å². The number of hydrogen-bond acceptors (Lipinski definition) is 3. The van der Waals surface area contributed by atoms with Crippen LogP contribution in [0.25, 0.3) is 0 Å². The number of anilines is 1. The molecule has 0 bridgehead atoms. The van der Waals surface area contributed by atoms with Crippen molar-refractivity contribution in [2.24, 2.45) is 0 Å². The van der Waals surface area contributed by atoms with Crippen molar-refractivity contribution in [3.05, 3.63) is 29.3 Å². The molecule has 0 heterocycles. The van der Waals surface area contributed by atoms with E-state index in [4.69, 9.17) is 10.8 Å². The minimum absolute atomic E-state index is 0.121. The summed E-state index contributed by atoms with van der Waals surface area (Å²) in [5.41, 5.74) is 6.69. The first kappa shape index (κ1) is 11.0. The lowest BCUT2D eigenvalue weighted by Crippen LogP contribution is -2.19. The maximum absolute atomic E-state index is 10.7. The van der Waals surface area contributed by atoms with Crippen molar-refractivity contribution in [1.82, 2.24) is 5.32 Å². The Morgan fingerprint density at radius 3 is 2.60 bits per heavy atom. The predicted molar refractivity (Wildman–Crippen MR) is 55.3 cm³/mol. The highest BCUT2D eigenvalue weighted by Gasteiger charge is 2.05. The van der Waals surface area contributed by atoms with Gasteiger partial charge in [-0.3, -0.25) is 4.79 Å². The number of nitrogens with two attached hydrogens (primary N) is 1. The molecular weight excluding hydrogens is 196 g/mol. The van der Waals surface area contributed by atoms with Crippen molar-refractivity contribution >= 4 is 17.6 Å². The fourth-order valence-corrected chi connectivity index (χ4v) is 1.17. The van der Waals surface area contributed by atoms with Crippen LogP contribution in [0.2, 0.25) is 0 Å². The number of carboxylic acids is 1. The van der Waals surface area contributed by atoms with E-state index in [0.29, 0.717) is 11.3 Å². The van der Waals surface area contributed by atoms with Crippen LogP contribution in [0.4, 0.5) is 5.69 Å². The molecule has 80 valence electrons. The summed E-state index contributed by atoms with van der Waals surface area (Å²) in [6.45, 7) is 1.67. The van der Waals surface area contributed by atoms with Crippen molar-refractivity contribution in [1.29, 1.82) is 0 Å². The Bertz CT molecular complexity index is 402. The molecular formula is C10H12N2O3. The molecule has 4 N–H and O–H groups in total. The fraction of sp³-hybridized carbons (Fsp3) is 0.200. The van der Waals surface area contributed by atoms with E-state index in [0.717, 1.165) is 0 Å². The topological polar surface area (TPSA) is 92.4 Å². The number of aromatic carboxylic acids is 1. The smallest absolute Gasteiger partial charge is 0.335 e. The third-order valence-corrected chi connectivity index (χ3v) is 1.80. The molecule has 0 unspecified atom stereocenters.